The molecule has 1 aliphatic heterocycles. The Morgan fingerprint density at radius 2 is 2.36 bits per heavy atom. The molecule has 1 atom stereocenters. The van der Waals surface area contributed by atoms with E-state index in [1.807, 2.05) is 6.92 Å². The summed E-state index contributed by atoms with van der Waals surface area (Å²) in [5, 5.41) is 14.8. The molecule has 0 aromatic rings. The maximum atomic E-state index is 11.3. The Bertz CT molecular complexity index is 181. The molecule has 14 heavy (non-hydrogen) atoms. The summed E-state index contributed by atoms with van der Waals surface area (Å²) in [4.78, 5) is 11.3. The predicted molar refractivity (Wildman–Crippen MR) is 54.9 cm³/mol. The number of aliphatic hydroxyl groups is 1. The molecular formula is C10H20N2O2. The van der Waals surface area contributed by atoms with Crippen molar-refractivity contribution >= 4 is 5.91 Å². The molecule has 82 valence electrons. The van der Waals surface area contributed by atoms with E-state index in [9.17, 15) is 4.79 Å². The molecule has 0 aromatic carbocycles. The van der Waals surface area contributed by atoms with Crippen molar-refractivity contribution in [1.29, 1.82) is 0 Å². The molecule has 0 aliphatic carbocycles. The fourth-order valence-corrected chi connectivity index (χ4v) is 1.37. The number of hydrogen-bond acceptors (Lipinski definition) is 3. The highest BCUT2D eigenvalue weighted by Gasteiger charge is 2.23. The molecule has 0 aromatic heterocycles. The summed E-state index contributed by atoms with van der Waals surface area (Å²) in [5.41, 5.74) is 0. The Labute approximate surface area is 85.1 Å². The molecule has 1 unspecified atom stereocenters. The maximum absolute atomic E-state index is 11.3. The van der Waals surface area contributed by atoms with Crippen LogP contribution >= 0.6 is 0 Å². The number of carbonyl (C=O) groups is 1. The number of hydrogen-bond donors (Lipinski definition) is 3. The van der Waals surface area contributed by atoms with E-state index in [2.05, 4.69) is 10.6 Å². The maximum Gasteiger partial charge on any atom is 0.225 e. The second-order valence-corrected chi connectivity index (χ2v) is 4.08. The van der Waals surface area contributed by atoms with Crippen LogP contribution in [0.3, 0.4) is 0 Å². The van der Waals surface area contributed by atoms with Crippen LogP contribution in [0.1, 0.15) is 19.8 Å². The van der Waals surface area contributed by atoms with Crippen molar-refractivity contribution in [3.05, 3.63) is 0 Å². The van der Waals surface area contributed by atoms with Gasteiger partial charge in [-0.05, 0) is 18.8 Å². The van der Waals surface area contributed by atoms with Crippen LogP contribution in [0.25, 0.3) is 0 Å². The van der Waals surface area contributed by atoms with Crippen LogP contribution in [-0.4, -0.2) is 37.3 Å². The molecule has 3 N–H and O–H groups in total. The van der Waals surface area contributed by atoms with E-state index in [-0.39, 0.29) is 18.4 Å². The van der Waals surface area contributed by atoms with Crippen molar-refractivity contribution in [2.24, 2.45) is 11.8 Å². The van der Waals surface area contributed by atoms with Crippen LogP contribution < -0.4 is 10.6 Å². The minimum atomic E-state index is 0.167. The van der Waals surface area contributed by atoms with E-state index in [1.54, 1.807) is 0 Å². The van der Waals surface area contributed by atoms with Gasteiger partial charge in [0, 0.05) is 26.2 Å². The molecule has 1 heterocycles. The van der Waals surface area contributed by atoms with Gasteiger partial charge in [-0.3, -0.25) is 4.79 Å². The lowest BCUT2D eigenvalue weighted by atomic mass is 10.0. The van der Waals surface area contributed by atoms with Gasteiger partial charge in [0.2, 0.25) is 5.91 Å². The van der Waals surface area contributed by atoms with Crippen molar-refractivity contribution in [1.82, 2.24) is 10.6 Å². The third kappa shape index (κ3) is 3.64. The molecule has 0 spiro atoms. The Hall–Kier alpha value is -0.610. The van der Waals surface area contributed by atoms with Gasteiger partial charge in [-0.15, -0.1) is 0 Å². The fraction of sp³-hybridized carbons (Fsp3) is 0.900. The van der Waals surface area contributed by atoms with Gasteiger partial charge in [0.15, 0.2) is 0 Å². The first-order valence-corrected chi connectivity index (χ1v) is 5.33. The average molecular weight is 200 g/mol. The fourth-order valence-electron chi connectivity index (χ4n) is 1.37. The van der Waals surface area contributed by atoms with Gasteiger partial charge < -0.3 is 15.7 Å². The standard InChI is InChI=1S/C10H20N2O2/c1-8(7-13)3-2-4-12-10(14)9-5-11-6-9/h8-9,11,13H,2-7H2,1H3,(H,12,14). The molecule has 0 bridgehead atoms. The Morgan fingerprint density at radius 1 is 1.64 bits per heavy atom. The largest absolute Gasteiger partial charge is 0.396 e. The van der Waals surface area contributed by atoms with Crippen molar-refractivity contribution in [3.63, 3.8) is 0 Å². The van der Waals surface area contributed by atoms with E-state index in [4.69, 9.17) is 5.11 Å². The second-order valence-electron chi connectivity index (χ2n) is 4.08. The number of nitrogens with one attached hydrogen (secondary N) is 2. The van der Waals surface area contributed by atoms with Gasteiger partial charge in [0.05, 0.1) is 5.92 Å². The van der Waals surface area contributed by atoms with E-state index in [0.717, 1.165) is 32.5 Å². The number of rotatable bonds is 6. The van der Waals surface area contributed by atoms with E-state index in [1.165, 1.54) is 0 Å². The highest BCUT2D eigenvalue weighted by atomic mass is 16.3. The zero-order chi connectivity index (χ0) is 10.4. The lowest BCUT2D eigenvalue weighted by molar-refractivity contribution is -0.126. The molecule has 1 amide bonds. The number of amides is 1. The summed E-state index contributed by atoms with van der Waals surface area (Å²) in [6.07, 6.45) is 1.92. The van der Waals surface area contributed by atoms with Gasteiger partial charge in [0.1, 0.15) is 0 Å². The molecule has 1 aliphatic rings. The van der Waals surface area contributed by atoms with Crippen LogP contribution in [0.5, 0.6) is 0 Å². The Kier molecular flexibility index (Phi) is 4.90. The monoisotopic (exact) mass is 200 g/mol. The summed E-state index contributed by atoms with van der Waals surface area (Å²) in [7, 11) is 0. The van der Waals surface area contributed by atoms with E-state index >= 15 is 0 Å². The summed E-state index contributed by atoms with van der Waals surface area (Å²) < 4.78 is 0. The Morgan fingerprint density at radius 3 is 2.86 bits per heavy atom. The SMILES string of the molecule is CC(CO)CCCNC(=O)C1CNC1. The van der Waals surface area contributed by atoms with Crippen LogP contribution in [0.4, 0.5) is 0 Å². The highest BCUT2D eigenvalue weighted by Crippen LogP contribution is 2.04. The molecule has 4 heteroatoms. The lowest BCUT2D eigenvalue weighted by Crippen LogP contribution is -2.50. The van der Waals surface area contributed by atoms with E-state index in [0.29, 0.717) is 5.92 Å². The summed E-state index contributed by atoms with van der Waals surface area (Å²) in [5.74, 6) is 0.697. The van der Waals surface area contributed by atoms with Crippen LogP contribution in [0, 0.1) is 11.8 Å². The second kappa shape index (κ2) is 5.98. The number of aliphatic hydroxyl groups excluding tert-OH is 1. The lowest BCUT2D eigenvalue weighted by Gasteiger charge is -2.25. The van der Waals surface area contributed by atoms with Crippen molar-refractivity contribution in [3.8, 4) is 0 Å². The van der Waals surface area contributed by atoms with Gasteiger partial charge in [-0.25, -0.2) is 0 Å². The minimum Gasteiger partial charge on any atom is -0.396 e. The smallest absolute Gasteiger partial charge is 0.225 e. The molecular weight excluding hydrogens is 180 g/mol. The summed E-state index contributed by atoms with van der Waals surface area (Å²) in [6.45, 7) is 4.62. The molecule has 0 radical (unpaired) electrons. The Balaban J connectivity index is 1.95. The highest BCUT2D eigenvalue weighted by molar-refractivity contribution is 5.79. The van der Waals surface area contributed by atoms with Crippen LogP contribution in [0.2, 0.25) is 0 Å². The topological polar surface area (TPSA) is 61.4 Å². The predicted octanol–water partition coefficient (Wildman–Crippen LogP) is -0.269. The molecule has 1 saturated heterocycles. The average Bonchev–Trinajstić information content (AvgIpc) is 2.09. The van der Waals surface area contributed by atoms with E-state index < -0.39 is 0 Å². The quantitative estimate of drug-likeness (QED) is 0.517. The molecule has 1 fully saturated rings. The minimum absolute atomic E-state index is 0.167. The van der Waals surface area contributed by atoms with Crippen molar-refractivity contribution in [2.75, 3.05) is 26.2 Å². The molecule has 0 saturated carbocycles. The third-order valence-electron chi connectivity index (χ3n) is 2.64. The molecule has 4 nitrogen and oxygen atoms in total. The first kappa shape index (κ1) is 11.5. The first-order chi connectivity index (χ1) is 6.74. The number of carbonyl (C=O) groups excluding carboxylic acids is 1. The summed E-state index contributed by atoms with van der Waals surface area (Å²) >= 11 is 0. The molecule has 1 rings (SSSR count). The van der Waals surface area contributed by atoms with Crippen LogP contribution in [0.15, 0.2) is 0 Å². The van der Waals surface area contributed by atoms with Gasteiger partial charge in [0.25, 0.3) is 0 Å². The zero-order valence-electron chi connectivity index (χ0n) is 8.75. The normalized spacial score (nSPS) is 18.7. The first-order valence-electron chi connectivity index (χ1n) is 5.33. The third-order valence-corrected chi connectivity index (χ3v) is 2.64. The van der Waals surface area contributed by atoms with Crippen molar-refractivity contribution in [2.45, 2.75) is 19.8 Å². The van der Waals surface area contributed by atoms with Crippen molar-refractivity contribution < 1.29 is 9.90 Å². The van der Waals surface area contributed by atoms with Gasteiger partial charge in [-0.2, -0.15) is 0 Å². The van der Waals surface area contributed by atoms with Gasteiger partial charge >= 0.3 is 0 Å². The van der Waals surface area contributed by atoms with Crippen LogP contribution in [-0.2, 0) is 4.79 Å². The zero-order valence-corrected chi connectivity index (χ0v) is 8.75. The van der Waals surface area contributed by atoms with Gasteiger partial charge in [-0.1, -0.05) is 6.92 Å². The summed E-state index contributed by atoms with van der Waals surface area (Å²) in [6, 6.07) is 0.